The molecule has 1 N–H and O–H groups in total. The highest BCUT2D eigenvalue weighted by atomic mass is 16.3. The van der Waals surface area contributed by atoms with Gasteiger partial charge in [0.15, 0.2) is 0 Å². The topological polar surface area (TPSA) is 71.2 Å². The Balaban J connectivity index is 1.45. The Morgan fingerprint density at radius 1 is 1.26 bits per heavy atom. The second-order valence-electron chi connectivity index (χ2n) is 7.40. The number of benzene rings is 1. The lowest BCUT2D eigenvalue weighted by Crippen LogP contribution is -2.26. The van der Waals surface area contributed by atoms with Gasteiger partial charge in [-0.3, -0.25) is 9.36 Å². The summed E-state index contributed by atoms with van der Waals surface area (Å²) in [5.41, 5.74) is 1.93. The van der Waals surface area contributed by atoms with Crippen molar-refractivity contribution in [3.05, 3.63) is 75.9 Å². The minimum absolute atomic E-state index is 0.0857. The number of aryl methyl sites for hydroxylation is 1. The molecule has 1 aliphatic rings. The molecule has 0 spiro atoms. The van der Waals surface area contributed by atoms with Crippen molar-refractivity contribution in [3.8, 4) is 5.69 Å². The summed E-state index contributed by atoms with van der Waals surface area (Å²) in [5, 5.41) is 0. The number of carbonyl (C=O) groups is 1. The number of nitrogens with zero attached hydrogens (tertiary/aromatic N) is 2. The molecule has 6 nitrogen and oxygen atoms in total. The lowest BCUT2D eigenvalue weighted by atomic mass is 10.1. The summed E-state index contributed by atoms with van der Waals surface area (Å²) in [4.78, 5) is 28.9. The van der Waals surface area contributed by atoms with Crippen molar-refractivity contribution < 1.29 is 9.21 Å². The molecule has 2 heterocycles. The number of nitrogens with one attached hydrogen (secondary N) is 1. The van der Waals surface area contributed by atoms with Gasteiger partial charge in [-0.1, -0.05) is 6.92 Å². The number of carbonyl (C=O) groups excluding carboxylic acids is 1. The number of rotatable bonds is 5. The van der Waals surface area contributed by atoms with E-state index in [1.165, 1.54) is 6.42 Å². The van der Waals surface area contributed by atoms with Gasteiger partial charge >= 0.3 is 5.69 Å². The molecule has 0 aliphatic heterocycles. The number of aromatic amines is 1. The van der Waals surface area contributed by atoms with Crippen LogP contribution in [0.5, 0.6) is 0 Å². The van der Waals surface area contributed by atoms with Crippen molar-refractivity contribution in [2.24, 2.45) is 5.92 Å². The Labute approximate surface area is 157 Å². The summed E-state index contributed by atoms with van der Waals surface area (Å²) < 4.78 is 7.46. The van der Waals surface area contributed by atoms with Crippen molar-refractivity contribution in [2.75, 3.05) is 7.05 Å². The first-order chi connectivity index (χ1) is 12.9. The maximum Gasteiger partial charge on any atom is 0.330 e. The van der Waals surface area contributed by atoms with Gasteiger partial charge in [-0.2, -0.15) is 0 Å². The summed E-state index contributed by atoms with van der Waals surface area (Å²) >= 11 is 0. The number of amides is 1. The minimum Gasteiger partial charge on any atom is -0.464 e. The van der Waals surface area contributed by atoms with E-state index in [-0.39, 0.29) is 11.6 Å². The van der Waals surface area contributed by atoms with Crippen molar-refractivity contribution >= 4 is 5.91 Å². The lowest BCUT2D eigenvalue weighted by molar-refractivity contribution is 0.0775. The second-order valence-corrected chi connectivity index (χ2v) is 7.40. The first kappa shape index (κ1) is 17.4. The Morgan fingerprint density at radius 3 is 2.56 bits per heavy atom. The molecule has 0 radical (unpaired) electrons. The smallest absolute Gasteiger partial charge is 0.330 e. The molecule has 1 aromatic carbocycles. The summed E-state index contributed by atoms with van der Waals surface area (Å²) in [6.45, 7) is 4.50. The van der Waals surface area contributed by atoms with Gasteiger partial charge < -0.3 is 14.3 Å². The lowest BCUT2D eigenvalue weighted by Gasteiger charge is -2.16. The Morgan fingerprint density at radius 2 is 1.96 bits per heavy atom. The van der Waals surface area contributed by atoms with Gasteiger partial charge in [-0.15, -0.1) is 0 Å². The van der Waals surface area contributed by atoms with Crippen LogP contribution in [0.15, 0.2) is 51.8 Å². The van der Waals surface area contributed by atoms with Crippen LogP contribution in [0.25, 0.3) is 5.69 Å². The van der Waals surface area contributed by atoms with E-state index in [2.05, 4.69) is 11.9 Å². The molecule has 140 valence electrons. The maximum atomic E-state index is 12.7. The molecule has 4 rings (SSSR count). The Hall–Kier alpha value is -3.02. The predicted octanol–water partition coefficient (Wildman–Crippen LogP) is 3.46. The van der Waals surface area contributed by atoms with Gasteiger partial charge in [0.05, 0.1) is 12.2 Å². The fraction of sp³-hybridized carbons (Fsp3) is 0.333. The molecule has 0 saturated heterocycles. The van der Waals surface area contributed by atoms with Gasteiger partial charge in [0.1, 0.15) is 11.5 Å². The number of hydrogen-bond donors (Lipinski definition) is 1. The molecule has 1 aliphatic carbocycles. The third-order valence-corrected chi connectivity index (χ3v) is 5.23. The third kappa shape index (κ3) is 3.35. The molecule has 1 saturated carbocycles. The van der Waals surface area contributed by atoms with Crippen LogP contribution < -0.4 is 5.69 Å². The van der Waals surface area contributed by atoms with Gasteiger partial charge in [0.25, 0.3) is 5.91 Å². The van der Waals surface area contributed by atoms with Gasteiger partial charge in [0.2, 0.25) is 0 Å². The SMILES string of the molecule is Cc1c[nH]c(=O)n1-c1ccc(C(=O)N(C)Cc2ccc([C@H]3C[C@H]3C)o2)cc1. The van der Waals surface area contributed by atoms with Crippen molar-refractivity contribution in [2.45, 2.75) is 32.7 Å². The molecule has 0 bridgehead atoms. The van der Waals surface area contributed by atoms with Gasteiger partial charge in [-0.25, -0.2) is 4.79 Å². The van der Waals surface area contributed by atoms with E-state index in [0.29, 0.717) is 23.9 Å². The zero-order chi connectivity index (χ0) is 19.1. The van der Waals surface area contributed by atoms with Crippen LogP contribution in [0.3, 0.4) is 0 Å². The highest BCUT2D eigenvalue weighted by Crippen LogP contribution is 2.47. The van der Waals surface area contributed by atoms with E-state index >= 15 is 0 Å². The maximum absolute atomic E-state index is 12.7. The molecule has 1 amide bonds. The Kier molecular flexibility index (Phi) is 4.26. The number of hydrogen-bond acceptors (Lipinski definition) is 3. The van der Waals surface area contributed by atoms with Gasteiger partial charge in [0, 0.05) is 30.4 Å². The first-order valence-corrected chi connectivity index (χ1v) is 9.15. The number of imidazole rings is 1. The second kappa shape index (κ2) is 6.61. The van der Waals surface area contributed by atoms with Crippen molar-refractivity contribution in [3.63, 3.8) is 0 Å². The number of furan rings is 1. The van der Waals surface area contributed by atoms with E-state index in [9.17, 15) is 9.59 Å². The van der Waals surface area contributed by atoms with Crippen molar-refractivity contribution in [1.29, 1.82) is 0 Å². The molecule has 0 unspecified atom stereocenters. The molecule has 2 aromatic heterocycles. The standard InChI is InChI=1S/C21H23N3O3/c1-13-10-18(13)19-9-8-17(27-19)12-23(3)20(25)15-4-6-16(7-5-15)24-14(2)11-22-21(24)26/h4-9,11,13,18H,10,12H2,1-3H3,(H,22,26)/t13-,18+/m1/s1. The molecule has 1 fully saturated rings. The van der Waals surface area contributed by atoms with Crippen LogP contribution in [0.2, 0.25) is 0 Å². The number of aromatic nitrogens is 2. The van der Waals surface area contributed by atoms with Crippen LogP contribution in [0, 0.1) is 12.8 Å². The highest BCUT2D eigenvalue weighted by Gasteiger charge is 2.36. The van der Waals surface area contributed by atoms with Crippen LogP contribution in [-0.2, 0) is 6.54 Å². The fourth-order valence-corrected chi connectivity index (χ4v) is 3.45. The van der Waals surface area contributed by atoms with Crippen LogP contribution in [0.1, 0.15) is 46.8 Å². The Bertz CT molecular complexity index is 1030. The minimum atomic E-state index is -0.192. The van der Waals surface area contributed by atoms with Crippen molar-refractivity contribution in [1.82, 2.24) is 14.5 Å². The van der Waals surface area contributed by atoms with Gasteiger partial charge in [-0.05, 0) is 55.7 Å². The zero-order valence-electron chi connectivity index (χ0n) is 15.7. The molecule has 6 heteroatoms. The predicted molar refractivity (Wildman–Crippen MR) is 102 cm³/mol. The largest absolute Gasteiger partial charge is 0.464 e. The molecule has 27 heavy (non-hydrogen) atoms. The van der Waals surface area contributed by atoms with Crippen LogP contribution in [0.4, 0.5) is 0 Å². The summed E-state index contributed by atoms with van der Waals surface area (Å²) in [5.74, 6) is 2.96. The highest BCUT2D eigenvalue weighted by molar-refractivity contribution is 5.94. The fourth-order valence-electron chi connectivity index (χ4n) is 3.45. The average molecular weight is 365 g/mol. The normalized spacial score (nSPS) is 18.5. The van der Waals surface area contributed by atoms with E-state index in [0.717, 1.165) is 22.9 Å². The summed E-state index contributed by atoms with van der Waals surface area (Å²) in [7, 11) is 1.76. The first-order valence-electron chi connectivity index (χ1n) is 9.15. The zero-order valence-corrected chi connectivity index (χ0v) is 15.7. The van der Waals surface area contributed by atoms with Crippen LogP contribution >= 0.6 is 0 Å². The quantitative estimate of drug-likeness (QED) is 0.753. The van der Waals surface area contributed by atoms with E-state index in [4.69, 9.17) is 4.42 Å². The monoisotopic (exact) mass is 365 g/mol. The average Bonchev–Trinajstić information content (AvgIpc) is 3.05. The third-order valence-electron chi connectivity index (χ3n) is 5.23. The van der Waals surface area contributed by atoms with Crippen LogP contribution in [-0.4, -0.2) is 27.4 Å². The molecular formula is C21H23N3O3. The van der Waals surface area contributed by atoms with E-state index in [1.807, 2.05) is 19.1 Å². The molecule has 3 aromatic rings. The summed E-state index contributed by atoms with van der Waals surface area (Å²) in [6.07, 6.45) is 2.84. The molecule has 2 atom stereocenters. The van der Waals surface area contributed by atoms with E-state index in [1.54, 1.807) is 47.0 Å². The summed E-state index contributed by atoms with van der Waals surface area (Å²) in [6, 6.07) is 11.0. The molecular weight excluding hydrogens is 342 g/mol. The number of H-pyrrole nitrogens is 1. The van der Waals surface area contributed by atoms with E-state index < -0.39 is 0 Å².